The van der Waals surface area contributed by atoms with Crippen molar-refractivity contribution in [1.29, 1.82) is 0 Å². The number of aliphatic hydroxyl groups excluding tert-OH is 1. The lowest BCUT2D eigenvalue weighted by atomic mass is 10.1. The number of aliphatic hydroxyl groups is 1. The first kappa shape index (κ1) is 10.0. The van der Waals surface area contributed by atoms with Crippen LogP contribution < -0.4 is 5.32 Å². The third kappa shape index (κ3) is 3.11. The van der Waals surface area contributed by atoms with E-state index in [1.165, 1.54) is 19.3 Å². The van der Waals surface area contributed by atoms with Crippen LogP contribution in [0.4, 0.5) is 0 Å². The molecule has 1 fully saturated rings. The zero-order valence-electron chi connectivity index (χ0n) is 8.21. The molecule has 1 aliphatic carbocycles. The van der Waals surface area contributed by atoms with E-state index in [2.05, 4.69) is 19.2 Å². The summed E-state index contributed by atoms with van der Waals surface area (Å²) in [6.45, 7) is 4.27. The molecule has 12 heavy (non-hydrogen) atoms. The molecule has 2 N–H and O–H groups in total. The van der Waals surface area contributed by atoms with Crippen LogP contribution in [0, 0.1) is 0 Å². The molecule has 2 atom stereocenters. The largest absolute Gasteiger partial charge is 0.392 e. The normalized spacial score (nSPS) is 32.0. The third-order valence-corrected chi connectivity index (χ3v) is 2.53. The van der Waals surface area contributed by atoms with Crippen LogP contribution in [0.5, 0.6) is 0 Å². The van der Waals surface area contributed by atoms with E-state index < -0.39 is 0 Å². The van der Waals surface area contributed by atoms with E-state index in [9.17, 15) is 5.11 Å². The summed E-state index contributed by atoms with van der Waals surface area (Å²) >= 11 is 0. The van der Waals surface area contributed by atoms with Crippen molar-refractivity contribution in [2.75, 3.05) is 0 Å². The molecule has 0 aliphatic heterocycles. The summed E-state index contributed by atoms with van der Waals surface area (Å²) in [5.74, 6) is 0. The van der Waals surface area contributed by atoms with Crippen molar-refractivity contribution in [1.82, 2.24) is 5.32 Å². The van der Waals surface area contributed by atoms with Gasteiger partial charge in [0, 0.05) is 12.1 Å². The average molecular weight is 171 g/mol. The highest BCUT2D eigenvalue weighted by Gasteiger charge is 2.21. The van der Waals surface area contributed by atoms with Gasteiger partial charge in [-0.25, -0.2) is 0 Å². The summed E-state index contributed by atoms with van der Waals surface area (Å²) in [7, 11) is 0. The standard InChI is InChI=1S/C10H21NO/c1-8(2)11-9-6-4-3-5-7-10(9)12/h8-12H,3-7H2,1-2H3/t9-,10+/m1/s1. The summed E-state index contributed by atoms with van der Waals surface area (Å²) in [6.07, 6.45) is 5.74. The van der Waals surface area contributed by atoms with E-state index in [4.69, 9.17) is 0 Å². The van der Waals surface area contributed by atoms with Gasteiger partial charge < -0.3 is 10.4 Å². The van der Waals surface area contributed by atoms with E-state index in [0.717, 1.165) is 12.8 Å². The SMILES string of the molecule is CC(C)N[C@@H]1CCCCC[C@@H]1O. The van der Waals surface area contributed by atoms with Gasteiger partial charge >= 0.3 is 0 Å². The van der Waals surface area contributed by atoms with Crippen LogP contribution in [-0.2, 0) is 0 Å². The van der Waals surface area contributed by atoms with Crippen molar-refractivity contribution >= 4 is 0 Å². The second-order valence-corrected chi connectivity index (χ2v) is 4.13. The lowest BCUT2D eigenvalue weighted by Crippen LogP contribution is -2.42. The number of hydrogen-bond donors (Lipinski definition) is 2. The summed E-state index contributed by atoms with van der Waals surface area (Å²) in [5, 5.41) is 13.2. The van der Waals surface area contributed by atoms with Gasteiger partial charge in [-0.2, -0.15) is 0 Å². The molecule has 72 valence electrons. The molecule has 0 unspecified atom stereocenters. The van der Waals surface area contributed by atoms with Crippen LogP contribution in [0.15, 0.2) is 0 Å². The van der Waals surface area contributed by atoms with E-state index in [0.29, 0.717) is 12.1 Å². The Morgan fingerprint density at radius 3 is 2.50 bits per heavy atom. The minimum atomic E-state index is -0.116. The molecular weight excluding hydrogens is 150 g/mol. The first-order valence-electron chi connectivity index (χ1n) is 5.14. The fourth-order valence-electron chi connectivity index (χ4n) is 1.91. The van der Waals surface area contributed by atoms with Crippen LogP contribution >= 0.6 is 0 Å². The molecular formula is C10H21NO. The Morgan fingerprint density at radius 1 is 1.17 bits per heavy atom. The Morgan fingerprint density at radius 2 is 1.83 bits per heavy atom. The van der Waals surface area contributed by atoms with Crippen molar-refractivity contribution in [2.45, 2.75) is 64.1 Å². The van der Waals surface area contributed by atoms with Gasteiger partial charge in [0.1, 0.15) is 0 Å². The molecule has 2 nitrogen and oxygen atoms in total. The van der Waals surface area contributed by atoms with Gasteiger partial charge in [-0.3, -0.25) is 0 Å². The fourth-order valence-corrected chi connectivity index (χ4v) is 1.91. The number of hydrogen-bond acceptors (Lipinski definition) is 2. The number of nitrogens with one attached hydrogen (secondary N) is 1. The minimum absolute atomic E-state index is 0.116. The van der Waals surface area contributed by atoms with Crippen LogP contribution in [0.1, 0.15) is 46.0 Å². The smallest absolute Gasteiger partial charge is 0.0693 e. The van der Waals surface area contributed by atoms with Gasteiger partial charge in [-0.1, -0.05) is 33.1 Å². The molecule has 0 heterocycles. The fraction of sp³-hybridized carbons (Fsp3) is 1.00. The van der Waals surface area contributed by atoms with Crippen LogP contribution in [0.3, 0.4) is 0 Å². The lowest BCUT2D eigenvalue weighted by molar-refractivity contribution is 0.116. The highest BCUT2D eigenvalue weighted by atomic mass is 16.3. The van der Waals surface area contributed by atoms with Gasteiger partial charge in [0.25, 0.3) is 0 Å². The van der Waals surface area contributed by atoms with Gasteiger partial charge in [0.15, 0.2) is 0 Å². The van der Waals surface area contributed by atoms with Gasteiger partial charge in [-0.05, 0) is 12.8 Å². The Labute approximate surface area is 75.4 Å². The van der Waals surface area contributed by atoms with E-state index in [1.807, 2.05) is 0 Å². The molecule has 1 rings (SSSR count). The third-order valence-electron chi connectivity index (χ3n) is 2.53. The van der Waals surface area contributed by atoms with Crippen molar-refractivity contribution in [3.05, 3.63) is 0 Å². The Balaban J connectivity index is 2.36. The summed E-state index contributed by atoms with van der Waals surface area (Å²) in [6, 6.07) is 0.829. The van der Waals surface area contributed by atoms with Crippen molar-refractivity contribution in [2.24, 2.45) is 0 Å². The zero-order chi connectivity index (χ0) is 8.97. The first-order chi connectivity index (χ1) is 5.70. The predicted molar refractivity (Wildman–Crippen MR) is 51.2 cm³/mol. The molecule has 0 saturated heterocycles. The average Bonchev–Trinajstić information content (AvgIpc) is 2.16. The minimum Gasteiger partial charge on any atom is -0.392 e. The Bertz CT molecular complexity index is 125. The quantitative estimate of drug-likeness (QED) is 0.620. The Hall–Kier alpha value is -0.0800. The van der Waals surface area contributed by atoms with Gasteiger partial charge in [-0.15, -0.1) is 0 Å². The van der Waals surface area contributed by atoms with E-state index in [1.54, 1.807) is 0 Å². The van der Waals surface area contributed by atoms with E-state index in [-0.39, 0.29) is 6.10 Å². The lowest BCUT2D eigenvalue weighted by Gasteiger charge is -2.23. The predicted octanol–water partition coefficient (Wildman–Crippen LogP) is 1.68. The van der Waals surface area contributed by atoms with Crippen LogP contribution in [0.25, 0.3) is 0 Å². The highest BCUT2D eigenvalue weighted by molar-refractivity contribution is 4.79. The molecule has 0 aromatic rings. The molecule has 0 aromatic carbocycles. The van der Waals surface area contributed by atoms with Gasteiger partial charge in [0.2, 0.25) is 0 Å². The molecule has 1 aliphatic rings. The van der Waals surface area contributed by atoms with Crippen LogP contribution in [-0.4, -0.2) is 23.3 Å². The Kier molecular flexibility index (Phi) is 4.02. The molecule has 0 amide bonds. The summed E-state index contributed by atoms with van der Waals surface area (Å²) in [4.78, 5) is 0. The molecule has 0 spiro atoms. The molecule has 2 heteroatoms. The van der Waals surface area contributed by atoms with Gasteiger partial charge in [0.05, 0.1) is 6.10 Å². The highest BCUT2D eigenvalue weighted by Crippen LogP contribution is 2.18. The second-order valence-electron chi connectivity index (χ2n) is 4.13. The van der Waals surface area contributed by atoms with E-state index >= 15 is 0 Å². The summed E-state index contributed by atoms with van der Waals surface area (Å²) in [5.41, 5.74) is 0. The van der Waals surface area contributed by atoms with Crippen molar-refractivity contribution in [3.8, 4) is 0 Å². The monoisotopic (exact) mass is 171 g/mol. The second kappa shape index (κ2) is 4.83. The topological polar surface area (TPSA) is 32.3 Å². The number of rotatable bonds is 2. The maximum absolute atomic E-state index is 9.74. The zero-order valence-corrected chi connectivity index (χ0v) is 8.21. The molecule has 0 aromatic heterocycles. The van der Waals surface area contributed by atoms with Crippen molar-refractivity contribution in [3.63, 3.8) is 0 Å². The molecule has 0 bridgehead atoms. The maximum atomic E-state index is 9.74. The first-order valence-corrected chi connectivity index (χ1v) is 5.14. The van der Waals surface area contributed by atoms with Crippen LogP contribution in [0.2, 0.25) is 0 Å². The maximum Gasteiger partial charge on any atom is 0.0693 e. The molecule has 1 saturated carbocycles. The van der Waals surface area contributed by atoms with Crippen molar-refractivity contribution < 1.29 is 5.11 Å². The summed E-state index contributed by atoms with van der Waals surface area (Å²) < 4.78 is 0. The molecule has 0 radical (unpaired) electrons.